The fourth-order valence-electron chi connectivity index (χ4n) is 2.78. The second-order valence-corrected chi connectivity index (χ2v) is 5.53. The highest BCUT2D eigenvalue weighted by Crippen LogP contribution is 2.30. The number of ether oxygens (including phenoxy) is 1. The molecule has 0 spiro atoms. The maximum atomic E-state index is 12.4. The molecule has 1 heterocycles. The van der Waals surface area contributed by atoms with Gasteiger partial charge >= 0.3 is 5.69 Å². The topological polar surface area (TPSA) is 102 Å². The highest BCUT2D eigenvalue weighted by Gasteiger charge is 2.31. The van der Waals surface area contributed by atoms with Gasteiger partial charge < -0.3 is 15.2 Å². The number of aromatic hydroxyl groups is 1. The monoisotopic (exact) mass is 328 g/mol. The summed E-state index contributed by atoms with van der Waals surface area (Å²) in [4.78, 5) is 22.4. The van der Waals surface area contributed by atoms with Crippen LogP contribution in [-0.4, -0.2) is 28.6 Å². The molecule has 0 unspecified atom stereocenters. The number of nitro groups is 1. The van der Waals surface area contributed by atoms with Crippen molar-refractivity contribution in [3.05, 3.63) is 69.8 Å². The highest BCUT2D eigenvalue weighted by atomic mass is 16.6. The Kier molecular flexibility index (Phi) is 4.43. The lowest BCUT2D eigenvalue weighted by atomic mass is 10.0. The van der Waals surface area contributed by atoms with Crippen molar-refractivity contribution in [3.63, 3.8) is 0 Å². The number of benzene rings is 2. The van der Waals surface area contributed by atoms with Crippen molar-refractivity contribution in [1.82, 2.24) is 5.32 Å². The first-order valence-electron chi connectivity index (χ1n) is 7.51. The van der Waals surface area contributed by atoms with Crippen LogP contribution >= 0.6 is 0 Å². The first-order valence-corrected chi connectivity index (χ1v) is 7.51. The zero-order valence-electron chi connectivity index (χ0n) is 12.7. The minimum Gasteiger partial charge on any atom is -0.502 e. The molecule has 1 aliphatic heterocycles. The van der Waals surface area contributed by atoms with Crippen molar-refractivity contribution < 1.29 is 19.6 Å². The molecular formula is C17H16N2O5. The summed E-state index contributed by atoms with van der Waals surface area (Å²) in [5.41, 5.74) is 0.710. The molecule has 1 fully saturated rings. The molecular weight excluding hydrogens is 312 g/mol. The molecule has 0 aromatic heterocycles. The predicted octanol–water partition coefficient (Wildman–Crippen LogP) is 2.56. The fraction of sp³-hybridized carbons (Fsp3) is 0.235. The van der Waals surface area contributed by atoms with Crippen LogP contribution in [0.25, 0.3) is 0 Å². The number of nitro benzene ring substituents is 1. The van der Waals surface area contributed by atoms with Crippen LogP contribution < -0.4 is 5.32 Å². The number of nitrogens with zero attached hydrogens (tertiary/aromatic N) is 1. The summed E-state index contributed by atoms with van der Waals surface area (Å²) in [6, 6.07) is 12.9. The van der Waals surface area contributed by atoms with Crippen LogP contribution in [0.4, 0.5) is 5.69 Å². The molecule has 3 rings (SSSR count). The minimum absolute atomic E-state index is 0.164. The third-order valence-corrected chi connectivity index (χ3v) is 3.97. The standard InChI is InChI=1S/C17H16N2O5/c20-15-10-12(6-7-14(15)19(22)23)17(21)18-13-8-9-24-16(13)11-4-2-1-3-5-11/h1-7,10,13,16,20H,8-9H2,(H,18,21)/t13-,16+/m1/s1. The normalized spacial score (nSPS) is 19.8. The van der Waals surface area contributed by atoms with Crippen molar-refractivity contribution in [2.75, 3.05) is 6.61 Å². The van der Waals surface area contributed by atoms with Crippen LogP contribution in [0, 0.1) is 10.1 Å². The van der Waals surface area contributed by atoms with Crippen LogP contribution in [0.15, 0.2) is 48.5 Å². The van der Waals surface area contributed by atoms with Crippen LogP contribution in [0.2, 0.25) is 0 Å². The number of carbonyl (C=O) groups is 1. The number of nitrogens with one attached hydrogen (secondary N) is 1. The van der Waals surface area contributed by atoms with Crippen LogP contribution in [0.1, 0.15) is 28.4 Å². The Morgan fingerprint density at radius 2 is 2.00 bits per heavy atom. The molecule has 0 radical (unpaired) electrons. The average molecular weight is 328 g/mol. The molecule has 0 aliphatic carbocycles. The van der Waals surface area contributed by atoms with E-state index in [0.29, 0.717) is 13.0 Å². The maximum absolute atomic E-state index is 12.4. The van der Waals surface area contributed by atoms with E-state index in [1.807, 2.05) is 30.3 Å². The SMILES string of the molecule is O=C(N[C@@H]1CCO[C@H]1c1ccccc1)c1ccc([N+](=O)[O-])c(O)c1. The summed E-state index contributed by atoms with van der Waals surface area (Å²) >= 11 is 0. The molecule has 7 nitrogen and oxygen atoms in total. The number of phenolic OH excluding ortho intramolecular Hbond substituents is 1. The molecule has 0 bridgehead atoms. The van der Waals surface area contributed by atoms with Gasteiger partial charge in [-0.1, -0.05) is 30.3 Å². The van der Waals surface area contributed by atoms with E-state index in [2.05, 4.69) is 5.32 Å². The molecule has 2 aromatic rings. The van der Waals surface area contributed by atoms with E-state index in [1.165, 1.54) is 6.07 Å². The van der Waals surface area contributed by atoms with Gasteiger partial charge in [-0.05, 0) is 24.1 Å². The predicted molar refractivity (Wildman–Crippen MR) is 85.8 cm³/mol. The van der Waals surface area contributed by atoms with Gasteiger partial charge in [-0.3, -0.25) is 14.9 Å². The van der Waals surface area contributed by atoms with E-state index in [0.717, 1.165) is 17.7 Å². The van der Waals surface area contributed by atoms with Crippen molar-refractivity contribution in [3.8, 4) is 5.75 Å². The first kappa shape index (κ1) is 15.9. The molecule has 1 aliphatic rings. The second kappa shape index (κ2) is 6.67. The van der Waals surface area contributed by atoms with Crippen molar-refractivity contribution in [2.24, 2.45) is 0 Å². The smallest absolute Gasteiger partial charge is 0.310 e. The Balaban J connectivity index is 1.74. The lowest BCUT2D eigenvalue weighted by Crippen LogP contribution is -2.36. The van der Waals surface area contributed by atoms with Gasteiger partial charge in [0.1, 0.15) is 6.10 Å². The number of phenols is 1. The summed E-state index contributed by atoms with van der Waals surface area (Å²) in [6.07, 6.45) is 0.436. The van der Waals surface area contributed by atoms with E-state index in [4.69, 9.17) is 4.74 Å². The quantitative estimate of drug-likeness (QED) is 0.663. The van der Waals surface area contributed by atoms with E-state index in [1.54, 1.807) is 0 Å². The van der Waals surface area contributed by atoms with Gasteiger partial charge in [0.05, 0.1) is 11.0 Å². The van der Waals surface area contributed by atoms with Crippen LogP contribution in [0.3, 0.4) is 0 Å². The Morgan fingerprint density at radius 3 is 2.67 bits per heavy atom. The number of rotatable bonds is 4. The van der Waals surface area contributed by atoms with Crippen molar-refractivity contribution in [2.45, 2.75) is 18.6 Å². The van der Waals surface area contributed by atoms with Gasteiger partial charge in [-0.2, -0.15) is 0 Å². The van der Waals surface area contributed by atoms with Gasteiger partial charge in [0, 0.05) is 18.2 Å². The van der Waals surface area contributed by atoms with Gasteiger partial charge in [0.15, 0.2) is 5.75 Å². The zero-order chi connectivity index (χ0) is 17.1. The third kappa shape index (κ3) is 3.21. The number of hydrogen-bond acceptors (Lipinski definition) is 5. The lowest BCUT2D eigenvalue weighted by Gasteiger charge is -2.20. The van der Waals surface area contributed by atoms with Gasteiger partial charge in [0.2, 0.25) is 0 Å². The summed E-state index contributed by atoms with van der Waals surface area (Å²) < 4.78 is 5.71. The van der Waals surface area contributed by atoms with Gasteiger partial charge in [0.25, 0.3) is 5.91 Å². The Morgan fingerprint density at radius 1 is 1.25 bits per heavy atom. The van der Waals surface area contributed by atoms with Gasteiger partial charge in [-0.25, -0.2) is 0 Å². The van der Waals surface area contributed by atoms with E-state index in [9.17, 15) is 20.0 Å². The summed E-state index contributed by atoms with van der Waals surface area (Å²) in [7, 11) is 0. The lowest BCUT2D eigenvalue weighted by molar-refractivity contribution is -0.385. The van der Waals surface area contributed by atoms with E-state index >= 15 is 0 Å². The molecule has 1 amide bonds. The molecule has 2 atom stereocenters. The largest absolute Gasteiger partial charge is 0.502 e. The fourth-order valence-corrected chi connectivity index (χ4v) is 2.78. The minimum atomic E-state index is -0.701. The third-order valence-electron chi connectivity index (χ3n) is 3.97. The van der Waals surface area contributed by atoms with Gasteiger partial charge in [-0.15, -0.1) is 0 Å². The number of hydrogen-bond donors (Lipinski definition) is 2. The Hall–Kier alpha value is -2.93. The van der Waals surface area contributed by atoms with Crippen LogP contribution in [0.5, 0.6) is 5.75 Å². The van der Waals surface area contributed by atoms with E-state index < -0.39 is 22.3 Å². The Labute approximate surface area is 138 Å². The first-order chi connectivity index (χ1) is 11.6. The summed E-state index contributed by atoms with van der Waals surface area (Å²) in [5, 5.41) is 23.2. The molecule has 0 saturated carbocycles. The highest BCUT2D eigenvalue weighted by molar-refractivity contribution is 5.95. The molecule has 124 valence electrons. The maximum Gasteiger partial charge on any atom is 0.310 e. The second-order valence-electron chi connectivity index (χ2n) is 5.53. The van der Waals surface area contributed by atoms with Crippen molar-refractivity contribution >= 4 is 11.6 Å². The summed E-state index contributed by atoms with van der Waals surface area (Å²) in [6.45, 7) is 0.538. The van der Waals surface area contributed by atoms with Crippen LogP contribution in [-0.2, 0) is 4.74 Å². The van der Waals surface area contributed by atoms with Crippen molar-refractivity contribution in [1.29, 1.82) is 0 Å². The number of amides is 1. The summed E-state index contributed by atoms with van der Waals surface area (Å²) in [5.74, 6) is -0.938. The zero-order valence-corrected chi connectivity index (χ0v) is 12.7. The van der Waals surface area contributed by atoms with E-state index in [-0.39, 0.29) is 17.7 Å². The molecule has 24 heavy (non-hydrogen) atoms. The average Bonchev–Trinajstić information content (AvgIpc) is 3.03. The molecule has 2 aromatic carbocycles. The molecule has 1 saturated heterocycles. The Bertz CT molecular complexity index is 763. The molecule has 7 heteroatoms. The molecule has 2 N–H and O–H groups in total. The number of carbonyl (C=O) groups excluding carboxylic acids is 1.